The Balaban J connectivity index is 0.000000159. The summed E-state index contributed by atoms with van der Waals surface area (Å²) in [5, 5.41) is 1.17. The number of aryl methyl sites for hydroxylation is 1. The number of fused-ring (bicyclic) bond motifs is 1. The third kappa shape index (κ3) is 4.64. The molecule has 4 rings (SSSR count). The Morgan fingerprint density at radius 2 is 1.74 bits per heavy atom. The van der Waals surface area contributed by atoms with Crippen LogP contribution < -0.4 is 0 Å². The first-order valence-corrected chi connectivity index (χ1v) is 10.5. The maximum absolute atomic E-state index is 6.01. The molecule has 1 fully saturated rings. The third-order valence-corrected chi connectivity index (χ3v) is 6.42. The summed E-state index contributed by atoms with van der Waals surface area (Å²) in [7, 11) is -0.102. The number of hydrogen-bond donors (Lipinski definition) is 0. The summed E-state index contributed by atoms with van der Waals surface area (Å²) in [6, 6.07) is 8.22. The molecule has 27 heavy (non-hydrogen) atoms. The van der Waals surface area contributed by atoms with Gasteiger partial charge in [-0.1, -0.05) is 34.1 Å². The largest absolute Gasteiger partial charge is 0.490 e. The van der Waals surface area contributed by atoms with E-state index in [0.29, 0.717) is 0 Å². The number of aromatic nitrogens is 1. The van der Waals surface area contributed by atoms with E-state index in [1.165, 1.54) is 35.7 Å². The van der Waals surface area contributed by atoms with E-state index in [1.54, 1.807) is 0 Å². The van der Waals surface area contributed by atoms with Crippen LogP contribution in [0.3, 0.4) is 0 Å². The van der Waals surface area contributed by atoms with Crippen molar-refractivity contribution in [3.63, 3.8) is 0 Å². The molecule has 2 heterocycles. The van der Waals surface area contributed by atoms with Crippen molar-refractivity contribution in [2.45, 2.75) is 71.5 Å². The Morgan fingerprint density at radius 1 is 1.04 bits per heavy atom. The van der Waals surface area contributed by atoms with E-state index >= 15 is 0 Å². The average Bonchev–Trinajstić information content (AvgIpc) is 2.84. The summed E-state index contributed by atoms with van der Waals surface area (Å²) >= 11 is 3.48. The van der Waals surface area contributed by atoms with Crippen molar-refractivity contribution >= 4 is 34.0 Å². The second kappa shape index (κ2) is 8.06. The highest BCUT2D eigenvalue weighted by Gasteiger charge is 2.52. The molecule has 1 saturated heterocycles. The van der Waals surface area contributed by atoms with E-state index in [-0.39, 0.29) is 18.3 Å². The zero-order valence-corrected chi connectivity index (χ0v) is 18.6. The van der Waals surface area contributed by atoms with Crippen molar-refractivity contribution in [3.8, 4) is 0 Å². The SMILES string of the molecule is CC1(C)OB(C2=CCCCC2)OC1(C)C.Cc1ccc2c(Br)ccnc2c1. The molecule has 0 atom stereocenters. The van der Waals surface area contributed by atoms with E-state index in [1.807, 2.05) is 12.3 Å². The normalized spacial score (nSPS) is 20.8. The molecule has 1 aromatic heterocycles. The van der Waals surface area contributed by atoms with Crippen LogP contribution in [-0.2, 0) is 9.31 Å². The summed E-state index contributed by atoms with van der Waals surface area (Å²) in [5.74, 6) is 0. The highest BCUT2D eigenvalue weighted by molar-refractivity contribution is 9.10. The molecule has 1 aromatic carbocycles. The van der Waals surface area contributed by atoms with Crippen LogP contribution in [-0.4, -0.2) is 23.3 Å². The van der Waals surface area contributed by atoms with E-state index in [9.17, 15) is 0 Å². The number of hydrogen-bond acceptors (Lipinski definition) is 3. The van der Waals surface area contributed by atoms with Crippen LogP contribution >= 0.6 is 15.9 Å². The predicted molar refractivity (Wildman–Crippen MR) is 117 cm³/mol. The molecule has 0 amide bonds. The van der Waals surface area contributed by atoms with Crippen LogP contribution in [0.2, 0.25) is 0 Å². The molecule has 0 bridgehead atoms. The van der Waals surface area contributed by atoms with Gasteiger partial charge in [0, 0.05) is 16.1 Å². The molecular formula is C22H29BBrNO2. The zero-order valence-electron chi connectivity index (χ0n) is 17.0. The second-order valence-electron chi connectivity index (χ2n) is 8.43. The van der Waals surface area contributed by atoms with Gasteiger partial charge >= 0.3 is 7.12 Å². The van der Waals surface area contributed by atoms with Gasteiger partial charge in [0.2, 0.25) is 0 Å². The second-order valence-corrected chi connectivity index (χ2v) is 9.28. The molecule has 2 aliphatic rings. The maximum Gasteiger partial charge on any atom is 0.490 e. The van der Waals surface area contributed by atoms with Crippen molar-refractivity contribution in [1.29, 1.82) is 0 Å². The van der Waals surface area contributed by atoms with E-state index in [2.05, 4.69) is 79.8 Å². The lowest BCUT2D eigenvalue weighted by Crippen LogP contribution is -2.41. The topological polar surface area (TPSA) is 31.4 Å². The maximum atomic E-state index is 6.01. The number of benzene rings is 1. The van der Waals surface area contributed by atoms with Gasteiger partial charge in [-0.3, -0.25) is 4.98 Å². The molecule has 0 saturated carbocycles. The van der Waals surface area contributed by atoms with Crippen LogP contribution in [0, 0.1) is 6.92 Å². The predicted octanol–water partition coefficient (Wildman–Crippen LogP) is 6.42. The van der Waals surface area contributed by atoms with Crippen LogP contribution in [0.1, 0.15) is 58.9 Å². The minimum Gasteiger partial charge on any atom is -0.400 e. The molecule has 1 aliphatic carbocycles. The quantitative estimate of drug-likeness (QED) is 0.489. The first-order chi connectivity index (χ1) is 12.7. The molecule has 0 unspecified atom stereocenters. The summed E-state index contributed by atoms with van der Waals surface area (Å²) in [6.07, 6.45) is 9.01. The lowest BCUT2D eigenvalue weighted by Gasteiger charge is -2.32. The van der Waals surface area contributed by atoms with E-state index < -0.39 is 0 Å². The van der Waals surface area contributed by atoms with Crippen LogP contribution in [0.25, 0.3) is 10.9 Å². The number of nitrogens with zero attached hydrogens (tertiary/aromatic N) is 1. The molecule has 5 heteroatoms. The van der Waals surface area contributed by atoms with Gasteiger partial charge in [0.1, 0.15) is 0 Å². The minimum absolute atomic E-state index is 0.102. The van der Waals surface area contributed by atoms with Gasteiger partial charge in [0.15, 0.2) is 0 Å². The lowest BCUT2D eigenvalue weighted by molar-refractivity contribution is 0.00578. The molecule has 0 radical (unpaired) electrons. The number of halogens is 1. The van der Waals surface area contributed by atoms with E-state index in [0.717, 1.165) is 16.4 Å². The van der Waals surface area contributed by atoms with Crippen LogP contribution in [0.4, 0.5) is 0 Å². The van der Waals surface area contributed by atoms with Crippen molar-refractivity contribution in [1.82, 2.24) is 4.98 Å². The van der Waals surface area contributed by atoms with E-state index in [4.69, 9.17) is 9.31 Å². The Labute approximate surface area is 171 Å². The van der Waals surface area contributed by atoms with Gasteiger partial charge in [-0.25, -0.2) is 0 Å². The van der Waals surface area contributed by atoms with Crippen LogP contribution in [0.15, 0.2) is 46.5 Å². The van der Waals surface area contributed by atoms with Crippen molar-refractivity contribution < 1.29 is 9.31 Å². The average molecular weight is 430 g/mol. The van der Waals surface area contributed by atoms with Gasteiger partial charge in [0.05, 0.1) is 16.7 Å². The smallest absolute Gasteiger partial charge is 0.400 e. The first kappa shape index (κ1) is 20.6. The Hall–Kier alpha value is -1.17. The monoisotopic (exact) mass is 429 g/mol. The molecule has 144 valence electrons. The standard InChI is InChI=1S/C12H21BO2.C10H8BrN/c1-11(2)12(3,4)15-13(14-11)10-8-6-5-7-9-10;1-7-2-3-8-9(11)4-5-12-10(8)6-7/h8H,5-7,9H2,1-4H3;2-6H,1H3. The Kier molecular flexibility index (Phi) is 6.14. The van der Waals surface area contributed by atoms with Gasteiger partial charge in [-0.15, -0.1) is 0 Å². The fourth-order valence-electron chi connectivity index (χ4n) is 3.29. The summed E-state index contributed by atoms with van der Waals surface area (Å²) < 4.78 is 13.1. The van der Waals surface area contributed by atoms with Crippen molar-refractivity contribution in [2.24, 2.45) is 0 Å². The Morgan fingerprint density at radius 3 is 2.37 bits per heavy atom. The molecular weight excluding hydrogens is 401 g/mol. The van der Waals surface area contributed by atoms with Crippen molar-refractivity contribution in [3.05, 3.63) is 52.0 Å². The highest BCUT2D eigenvalue weighted by Crippen LogP contribution is 2.40. The van der Waals surface area contributed by atoms with Gasteiger partial charge in [-0.05, 0) is 83.5 Å². The molecule has 1 aliphatic heterocycles. The molecule has 0 N–H and O–H groups in total. The molecule has 3 nitrogen and oxygen atoms in total. The summed E-state index contributed by atoms with van der Waals surface area (Å²) in [4.78, 5) is 4.27. The third-order valence-electron chi connectivity index (χ3n) is 5.73. The van der Waals surface area contributed by atoms with Gasteiger partial charge < -0.3 is 9.31 Å². The summed E-state index contributed by atoms with van der Waals surface area (Å²) in [6.45, 7) is 10.5. The fourth-order valence-corrected chi connectivity index (χ4v) is 3.75. The van der Waals surface area contributed by atoms with Crippen LogP contribution in [0.5, 0.6) is 0 Å². The molecule has 2 aromatic rings. The number of rotatable bonds is 1. The fraction of sp³-hybridized carbons (Fsp3) is 0.500. The number of pyridine rings is 1. The molecule has 0 spiro atoms. The van der Waals surface area contributed by atoms with Gasteiger partial charge in [-0.2, -0.15) is 0 Å². The lowest BCUT2D eigenvalue weighted by atomic mass is 9.73. The number of allylic oxidation sites excluding steroid dienone is 2. The Bertz CT molecular complexity index is 831. The summed E-state index contributed by atoms with van der Waals surface area (Å²) in [5.41, 5.74) is 3.24. The highest BCUT2D eigenvalue weighted by atomic mass is 79.9. The van der Waals surface area contributed by atoms with Crippen molar-refractivity contribution in [2.75, 3.05) is 0 Å². The first-order valence-electron chi connectivity index (χ1n) is 9.75. The van der Waals surface area contributed by atoms with Gasteiger partial charge in [0.25, 0.3) is 0 Å². The minimum atomic E-state index is -0.198. The zero-order chi connectivity index (χ0) is 19.7.